The molecular weight excluding hydrogens is 287 g/mol. The second-order valence-corrected chi connectivity index (χ2v) is 4.85. The molecule has 0 heterocycles. The SMILES string of the molecule is CNC(Cc1c(F)cccc1F)c1ccc(Cl)cc1F. The summed E-state index contributed by atoms with van der Waals surface area (Å²) in [6.07, 6.45) is 0.00750. The number of halogens is 4. The fraction of sp³-hybridized carbons (Fsp3) is 0.200. The zero-order valence-electron chi connectivity index (χ0n) is 10.8. The number of hydrogen-bond acceptors (Lipinski definition) is 1. The van der Waals surface area contributed by atoms with Crippen LogP contribution in [0.3, 0.4) is 0 Å². The average Bonchev–Trinajstić information content (AvgIpc) is 2.40. The third-order valence-electron chi connectivity index (χ3n) is 3.16. The lowest BCUT2D eigenvalue weighted by Crippen LogP contribution is -2.21. The van der Waals surface area contributed by atoms with Crippen LogP contribution >= 0.6 is 11.6 Å². The van der Waals surface area contributed by atoms with Gasteiger partial charge in [-0.3, -0.25) is 0 Å². The van der Waals surface area contributed by atoms with Gasteiger partial charge in [0.2, 0.25) is 0 Å². The van der Waals surface area contributed by atoms with E-state index in [1.165, 1.54) is 30.3 Å². The van der Waals surface area contributed by atoms with Crippen molar-refractivity contribution < 1.29 is 13.2 Å². The smallest absolute Gasteiger partial charge is 0.129 e. The minimum Gasteiger partial charge on any atom is -0.313 e. The Morgan fingerprint density at radius 1 is 1.05 bits per heavy atom. The third-order valence-corrected chi connectivity index (χ3v) is 3.39. The maximum atomic E-state index is 13.9. The van der Waals surface area contributed by atoms with Gasteiger partial charge in [-0.25, -0.2) is 13.2 Å². The van der Waals surface area contributed by atoms with Gasteiger partial charge in [0.25, 0.3) is 0 Å². The monoisotopic (exact) mass is 299 g/mol. The Kier molecular flexibility index (Phi) is 4.68. The number of nitrogens with one attached hydrogen (secondary N) is 1. The summed E-state index contributed by atoms with van der Waals surface area (Å²) >= 11 is 5.70. The first-order valence-corrected chi connectivity index (χ1v) is 6.46. The summed E-state index contributed by atoms with van der Waals surface area (Å²) in [4.78, 5) is 0. The van der Waals surface area contributed by atoms with Crippen LogP contribution in [0.1, 0.15) is 17.2 Å². The van der Waals surface area contributed by atoms with Crippen molar-refractivity contribution in [3.63, 3.8) is 0 Å². The van der Waals surface area contributed by atoms with E-state index in [4.69, 9.17) is 11.6 Å². The predicted octanol–water partition coefficient (Wildman–Crippen LogP) is 4.26. The second-order valence-electron chi connectivity index (χ2n) is 4.41. The second kappa shape index (κ2) is 6.29. The lowest BCUT2D eigenvalue weighted by atomic mass is 9.98. The van der Waals surface area contributed by atoms with Crippen molar-refractivity contribution in [2.45, 2.75) is 12.5 Å². The highest BCUT2D eigenvalue weighted by Crippen LogP contribution is 2.25. The molecule has 0 saturated heterocycles. The molecule has 20 heavy (non-hydrogen) atoms. The van der Waals surface area contributed by atoms with Gasteiger partial charge in [0.15, 0.2) is 0 Å². The Hall–Kier alpha value is -1.52. The molecular formula is C15H13ClF3N. The van der Waals surface area contributed by atoms with E-state index in [0.29, 0.717) is 5.56 Å². The van der Waals surface area contributed by atoms with Crippen LogP contribution in [-0.2, 0) is 6.42 Å². The standard InChI is InChI=1S/C15H13ClF3N/c1-20-15(10-6-5-9(16)7-14(10)19)8-11-12(17)3-2-4-13(11)18/h2-7,15,20H,8H2,1H3. The lowest BCUT2D eigenvalue weighted by molar-refractivity contribution is 0.497. The summed E-state index contributed by atoms with van der Waals surface area (Å²) in [5.41, 5.74) is 0.251. The van der Waals surface area contributed by atoms with Gasteiger partial charge in [0.1, 0.15) is 17.5 Å². The summed E-state index contributed by atoms with van der Waals surface area (Å²) in [5, 5.41) is 3.14. The molecule has 5 heteroatoms. The maximum Gasteiger partial charge on any atom is 0.129 e. The number of hydrogen-bond donors (Lipinski definition) is 1. The predicted molar refractivity (Wildman–Crippen MR) is 73.3 cm³/mol. The molecule has 0 radical (unpaired) electrons. The van der Waals surface area contributed by atoms with Crippen molar-refractivity contribution in [3.05, 3.63) is 70.0 Å². The van der Waals surface area contributed by atoms with Crippen molar-refractivity contribution in [2.75, 3.05) is 7.05 Å². The Labute approximate surface area is 120 Å². The van der Waals surface area contributed by atoms with Crippen LogP contribution in [0.4, 0.5) is 13.2 Å². The largest absolute Gasteiger partial charge is 0.313 e. The Bertz CT molecular complexity index is 596. The first-order valence-electron chi connectivity index (χ1n) is 6.08. The normalized spacial score (nSPS) is 12.4. The summed E-state index contributed by atoms with van der Waals surface area (Å²) in [7, 11) is 1.61. The quantitative estimate of drug-likeness (QED) is 0.889. The molecule has 1 nitrogen and oxygen atoms in total. The number of likely N-dealkylation sites (N-methyl/N-ethyl adjacent to an activating group) is 1. The molecule has 106 valence electrons. The van der Waals surface area contributed by atoms with Crippen molar-refractivity contribution in [1.82, 2.24) is 5.32 Å². The van der Waals surface area contributed by atoms with Crippen molar-refractivity contribution in [2.24, 2.45) is 0 Å². The van der Waals surface area contributed by atoms with Gasteiger partial charge in [0.05, 0.1) is 0 Å². The van der Waals surface area contributed by atoms with Crippen LogP contribution in [0.5, 0.6) is 0 Å². The minimum absolute atomic E-state index is 0.00750. The van der Waals surface area contributed by atoms with Gasteiger partial charge in [-0.1, -0.05) is 23.7 Å². The zero-order chi connectivity index (χ0) is 14.7. The average molecular weight is 300 g/mol. The molecule has 0 aromatic heterocycles. The molecule has 0 aliphatic carbocycles. The Balaban J connectivity index is 2.34. The Morgan fingerprint density at radius 3 is 2.25 bits per heavy atom. The summed E-state index contributed by atoms with van der Waals surface area (Å²) in [5.74, 6) is -1.78. The van der Waals surface area contributed by atoms with Gasteiger partial charge in [0, 0.05) is 22.2 Å². The first-order chi connectivity index (χ1) is 9.52. The molecule has 0 fully saturated rings. The highest BCUT2D eigenvalue weighted by Gasteiger charge is 2.19. The third kappa shape index (κ3) is 3.14. The molecule has 0 aliphatic heterocycles. The fourth-order valence-electron chi connectivity index (χ4n) is 2.08. The van der Waals surface area contributed by atoms with Gasteiger partial charge in [-0.05, 0) is 37.7 Å². The van der Waals surface area contributed by atoms with E-state index in [-0.39, 0.29) is 17.0 Å². The highest BCUT2D eigenvalue weighted by atomic mass is 35.5. The summed E-state index contributed by atoms with van der Waals surface area (Å²) in [6.45, 7) is 0. The molecule has 2 rings (SSSR count). The Morgan fingerprint density at radius 2 is 1.70 bits per heavy atom. The van der Waals surface area contributed by atoms with E-state index in [2.05, 4.69) is 5.32 Å². The number of rotatable bonds is 4. The molecule has 0 bridgehead atoms. The van der Waals surface area contributed by atoms with Crippen LogP contribution in [0.2, 0.25) is 5.02 Å². The molecule has 1 unspecified atom stereocenters. The van der Waals surface area contributed by atoms with E-state index in [1.54, 1.807) is 13.1 Å². The van der Waals surface area contributed by atoms with Crippen molar-refractivity contribution >= 4 is 11.6 Å². The van der Waals surface area contributed by atoms with Crippen molar-refractivity contribution in [1.29, 1.82) is 0 Å². The zero-order valence-corrected chi connectivity index (χ0v) is 11.5. The van der Waals surface area contributed by atoms with Crippen LogP contribution < -0.4 is 5.32 Å². The number of benzene rings is 2. The summed E-state index contributed by atoms with van der Waals surface area (Å²) < 4.78 is 41.2. The molecule has 0 aliphatic rings. The van der Waals surface area contributed by atoms with E-state index < -0.39 is 23.5 Å². The van der Waals surface area contributed by atoms with Crippen LogP contribution in [0.15, 0.2) is 36.4 Å². The minimum atomic E-state index is -0.639. The van der Waals surface area contributed by atoms with Gasteiger partial charge < -0.3 is 5.32 Å². The molecule has 0 amide bonds. The van der Waals surface area contributed by atoms with Gasteiger partial charge >= 0.3 is 0 Å². The van der Waals surface area contributed by atoms with E-state index in [0.717, 1.165) is 0 Å². The molecule has 0 spiro atoms. The van der Waals surface area contributed by atoms with Gasteiger partial charge in [-0.2, -0.15) is 0 Å². The van der Waals surface area contributed by atoms with Crippen molar-refractivity contribution in [3.8, 4) is 0 Å². The van der Waals surface area contributed by atoms with E-state index in [9.17, 15) is 13.2 Å². The highest BCUT2D eigenvalue weighted by molar-refractivity contribution is 6.30. The topological polar surface area (TPSA) is 12.0 Å². The molecule has 0 saturated carbocycles. The maximum absolute atomic E-state index is 13.9. The lowest BCUT2D eigenvalue weighted by Gasteiger charge is -2.18. The first kappa shape index (κ1) is 14.9. The van der Waals surface area contributed by atoms with Crippen LogP contribution in [0.25, 0.3) is 0 Å². The van der Waals surface area contributed by atoms with E-state index >= 15 is 0 Å². The van der Waals surface area contributed by atoms with Gasteiger partial charge in [-0.15, -0.1) is 0 Å². The fourth-order valence-corrected chi connectivity index (χ4v) is 2.24. The molecule has 2 aromatic carbocycles. The molecule has 2 aromatic rings. The van der Waals surface area contributed by atoms with Crippen LogP contribution in [0, 0.1) is 17.5 Å². The van der Waals surface area contributed by atoms with Crippen LogP contribution in [-0.4, -0.2) is 7.05 Å². The molecule has 1 N–H and O–H groups in total. The summed E-state index contributed by atoms with van der Waals surface area (Å²) in [6, 6.07) is 7.36. The molecule has 1 atom stereocenters. The van der Waals surface area contributed by atoms with E-state index in [1.807, 2.05) is 0 Å².